The number of hydrogen-bond donors (Lipinski definition) is 2. The Hall–Kier alpha value is -2.40. The maximum absolute atomic E-state index is 10.6. The molecule has 2 aromatic carbocycles. The van der Waals surface area contributed by atoms with E-state index >= 15 is 0 Å². The standard InChI is InChI=1S/C20H23NO4/c1-21-7-6-13-9-19(25-3)17(22)10-14(13)16(21)8-12-4-5-18(24-2)20(23)15(12)11-21/h4-5,9-10,16H,6-8,11H2,1-3H3,(H-,22,23)/p+1/t16-,21+/m0/s1. The summed E-state index contributed by atoms with van der Waals surface area (Å²) >= 11 is 0. The summed E-state index contributed by atoms with van der Waals surface area (Å²) in [6, 6.07) is 7.98. The minimum atomic E-state index is 0.193. The van der Waals surface area contributed by atoms with E-state index in [-0.39, 0.29) is 17.5 Å². The molecule has 4 rings (SSSR count). The van der Waals surface area contributed by atoms with Crippen LogP contribution in [0, 0.1) is 0 Å². The molecule has 2 aliphatic heterocycles. The van der Waals surface area contributed by atoms with E-state index in [2.05, 4.69) is 13.1 Å². The summed E-state index contributed by atoms with van der Waals surface area (Å²) in [5, 5.41) is 20.8. The molecule has 0 fully saturated rings. The van der Waals surface area contributed by atoms with Gasteiger partial charge in [0.1, 0.15) is 12.6 Å². The fourth-order valence-corrected chi connectivity index (χ4v) is 4.46. The Morgan fingerprint density at radius 1 is 1.04 bits per heavy atom. The highest BCUT2D eigenvalue weighted by molar-refractivity contribution is 5.52. The highest BCUT2D eigenvalue weighted by atomic mass is 16.5. The van der Waals surface area contributed by atoms with E-state index in [1.807, 2.05) is 18.2 Å². The van der Waals surface area contributed by atoms with Crippen LogP contribution >= 0.6 is 0 Å². The van der Waals surface area contributed by atoms with Crippen LogP contribution in [0.5, 0.6) is 23.0 Å². The summed E-state index contributed by atoms with van der Waals surface area (Å²) in [6.45, 7) is 1.75. The number of quaternary nitrogens is 1. The number of methoxy groups -OCH3 is 2. The van der Waals surface area contributed by atoms with Gasteiger partial charge in [0.25, 0.3) is 0 Å². The van der Waals surface area contributed by atoms with Gasteiger partial charge in [-0.05, 0) is 29.3 Å². The summed E-state index contributed by atoms with van der Waals surface area (Å²) in [6.07, 6.45) is 1.77. The first-order valence-electron chi connectivity index (χ1n) is 8.58. The molecule has 132 valence electrons. The van der Waals surface area contributed by atoms with E-state index in [9.17, 15) is 10.2 Å². The third-order valence-corrected chi connectivity index (χ3v) is 5.94. The summed E-state index contributed by atoms with van der Waals surface area (Å²) < 4.78 is 11.4. The molecule has 0 aliphatic carbocycles. The van der Waals surface area contributed by atoms with Gasteiger partial charge in [-0.25, -0.2) is 0 Å². The Morgan fingerprint density at radius 2 is 1.80 bits per heavy atom. The third-order valence-electron chi connectivity index (χ3n) is 5.94. The van der Waals surface area contributed by atoms with E-state index in [0.29, 0.717) is 11.5 Å². The summed E-state index contributed by atoms with van der Waals surface area (Å²) in [4.78, 5) is 0. The van der Waals surface area contributed by atoms with Crippen LogP contribution < -0.4 is 9.47 Å². The largest absolute Gasteiger partial charge is 0.504 e. The minimum Gasteiger partial charge on any atom is -0.504 e. The summed E-state index contributed by atoms with van der Waals surface area (Å²) in [5.74, 6) is 1.52. The lowest BCUT2D eigenvalue weighted by molar-refractivity contribution is -0.956. The van der Waals surface area contributed by atoms with Crippen LogP contribution in [0.2, 0.25) is 0 Å². The van der Waals surface area contributed by atoms with Crippen LogP contribution in [0.25, 0.3) is 0 Å². The number of benzene rings is 2. The van der Waals surface area contributed by atoms with Crippen molar-refractivity contribution in [3.8, 4) is 23.0 Å². The zero-order valence-corrected chi connectivity index (χ0v) is 14.9. The zero-order chi connectivity index (χ0) is 17.8. The maximum atomic E-state index is 10.6. The molecule has 0 spiro atoms. The van der Waals surface area contributed by atoms with Gasteiger partial charge < -0.3 is 24.2 Å². The topological polar surface area (TPSA) is 58.9 Å². The van der Waals surface area contributed by atoms with Crippen LogP contribution in [-0.4, -0.2) is 42.5 Å². The number of fused-ring (bicyclic) bond motifs is 4. The lowest BCUT2D eigenvalue weighted by atomic mass is 9.81. The summed E-state index contributed by atoms with van der Waals surface area (Å²) in [7, 11) is 5.39. The fourth-order valence-electron chi connectivity index (χ4n) is 4.46. The molecule has 2 N–H and O–H groups in total. The Kier molecular flexibility index (Phi) is 3.58. The first kappa shape index (κ1) is 16.1. The molecular weight excluding hydrogens is 318 g/mol. The van der Waals surface area contributed by atoms with Crippen LogP contribution in [0.1, 0.15) is 28.3 Å². The predicted molar refractivity (Wildman–Crippen MR) is 94.2 cm³/mol. The molecule has 2 aliphatic rings. The minimum absolute atomic E-state index is 0.193. The number of ether oxygens (including phenoxy) is 2. The molecule has 0 bridgehead atoms. The molecule has 2 atom stereocenters. The van der Waals surface area contributed by atoms with Gasteiger partial charge in [-0.2, -0.15) is 0 Å². The van der Waals surface area contributed by atoms with Crippen molar-refractivity contribution in [2.24, 2.45) is 0 Å². The number of nitrogens with zero attached hydrogens (tertiary/aromatic N) is 1. The Bertz CT molecular complexity index is 848. The van der Waals surface area contributed by atoms with Gasteiger partial charge in [-0.3, -0.25) is 0 Å². The molecule has 5 nitrogen and oxygen atoms in total. The van der Waals surface area contributed by atoms with Crippen LogP contribution in [0.3, 0.4) is 0 Å². The van der Waals surface area contributed by atoms with Crippen molar-refractivity contribution >= 4 is 0 Å². The van der Waals surface area contributed by atoms with Gasteiger partial charge in [0, 0.05) is 18.4 Å². The van der Waals surface area contributed by atoms with Crippen LogP contribution in [-0.2, 0) is 19.4 Å². The molecule has 2 heterocycles. The van der Waals surface area contributed by atoms with Crippen molar-refractivity contribution in [1.82, 2.24) is 0 Å². The fraction of sp³-hybridized carbons (Fsp3) is 0.400. The second-order valence-electron chi connectivity index (χ2n) is 7.31. The zero-order valence-electron chi connectivity index (χ0n) is 14.9. The first-order chi connectivity index (χ1) is 12.0. The van der Waals surface area contributed by atoms with E-state index in [4.69, 9.17) is 9.47 Å². The number of hydrogen-bond acceptors (Lipinski definition) is 4. The van der Waals surface area contributed by atoms with Crippen molar-refractivity contribution in [2.75, 3.05) is 27.8 Å². The molecule has 25 heavy (non-hydrogen) atoms. The average molecular weight is 342 g/mol. The quantitative estimate of drug-likeness (QED) is 0.824. The number of phenols is 2. The van der Waals surface area contributed by atoms with Gasteiger partial charge in [0.15, 0.2) is 23.0 Å². The van der Waals surface area contributed by atoms with Crippen LogP contribution in [0.15, 0.2) is 24.3 Å². The second kappa shape index (κ2) is 5.56. The highest BCUT2D eigenvalue weighted by Gasteiger charge is 2.44. The third kappa shape index (κ3) is 2.34. The number of aromatic hydroxyl groups is 2. The van der Waals surface area contributed by atoms with Crippen molar-refractivity contribution in [1.29, 1.82) is 0 Å². The number of rotatable bonds is 2. The number of phenolic OH excluding ortho intramolecular Hbond substituents is 2. The van der Waals surface area contributed by atoms with Crippen molar-refractivity contribution in [3.05, 3.63) is 46.5 Å². The molecule has 2 aromatic rings. The van der Waals surface area contributed by atoms with Gasteiger partial charge in [0.05, 0.1) is 33.4 Å². The lowest BCUT2D eigenvalue weighted by Gasteiger charge is -2.49. The first-order valence-corrected chi connectivity index (χ1v) is 8.58. The molecular formula is C20H24NO4+. The molecule has 0 saturated heterocycles. The molecule has 5 heteroatoms. The average Bonchev–Trinajstić information content (AvgIpc) is 2.60. The predicted octanol–water partition coefficient (Wildman–Crippen LogP) is 2.92. The SMILES string of the molecule is COc1cc2c(cc1O)[C@@H]1Cc3ccc(OC)c(O)c3C[N@@+]1(C)CC2. The monoisotopic (exact) mass is 342 g/mol. The molecule has 0 amide bonds. The second-order valence-corrected chi connectivity index (χ2v) is 7.31. The van der Waals surface area contributed by atoms with Crippen molar-refractivity contribution in [2.45, 2.75) is 25.4 Å². The van der Waals surface area contributed by atoms with Crippen molar-refractivity contribution < 1.29 is 24.2 Å². The van der Waals surface area contributed by atoms with Gasteiger partial charge >= 0.3 is 0 Å². The van der Waals surface area contributed by atoms with Gasteiger partial charge in [-0.15, -0.1) is 0 Å². The lowest BCUT2D eigenvalue weighted by Crippen LogP contribution is -2.53. The maximum Gasteiger partial charge on any atom is 0.166 e. The molecule has 0 saturated carbocycles. The number of likely N-dealkylation sites (N-methyl/N-ethyl adjacent to an activating group) is 1. The molecule has 0 unspecified atom stereocenters. The normalized spacial score (nSPS) is 24.0. The summed E-state index contributed by atoms with van der Waals surface area (Å²) in [5.41, 5.74) is 4.57. The molecule has 0 radical (unpaired) electrons. The van der Waals surface area contributed by atoms with E-state index in [1.54, 1.807) is 14.2 Å². The highest BCUT2D eigenvalue weighted by Crippen LogP contribution is 2.48. The van der Waals surface area contributed by atoms with Gasteiger partial charge in [0.2, 0.25) is 0 Å². The van der Waals surface area contributed by atoms with Gasteiger partial charge in [-0.1, -0.05) is 6.07 Å². The smallest absolute Gasteiger partial charge is 0.166 e. The van der Waals surface area contributed by atoms with Crippen LogP contribution in [0.4, 0.5) is 0 Å². The Balaban J connectivity index is 1.82. The Morgan fingerprint density at radius 3 is 2.52 bits per heavy atom. The van der Waals surface area contributed by atoms with E-state index in [0.717, 1.165) is 41.5 Å². The van der Waals surface area contributed by atoms with E-state index < -0.39 is 0 Å². The molecule has 0 aromatic heterocycles. The Labute approximate surface area is 147 Å². The van der Waals surface area contributed by atoms with Crippen molar-refractivity contribution in [3.63, 3.8) is 0 Å². The van der Waals surface area contributed by atoms with E-state index in [1.165, 1.54) is 11.1 Å².